The first-order valence-corrected chi connectivity index (χ1v) is 28.2. The Morgan fingerprint density at radius 1 is 0.758 bits per heavy atom. The molecule has 0 aliphatic heterocycles. The smallest absolute Gasteiger partial charge is 0.0886 e. The number of carbonyl (C=O) groups is 2. The van der Waals surface area contributed by atoms with Crippen molar-refractivity contribution in [3.8, 4) is 11.4 Å². The second-order valence-electron chi connectivity index (χ2n) is 7.49. The van der Waals surface area contributed by atoms with Gasteiger partial charge in [0, 0.05) is 12.4 Å². The summed E-state index contributed by atoms with van der Waals surface area (Å²) in [5.41, 5.74) is 1.83. The van der Waals surface area contributed by atoms with E-state index in [0.29, 0.717) is 22.1 Å². The predicted molar refractivity (Wildman–Crippen MR) is 142 cm³/mol. The Bertz CT molecular complexity index is 730. The standard InChI is InChI=1S/C10H8N2.2C7H13O2.2BrH.Sn/c1-3-7-11-9(5-1)10-6-2-4-8-12-10;2*1-3-4-5-6-9-7(2)8;;;/h1-8H;2*2-6H2,1H3;2*1H;/q;;;;;+2/p-2. The minimum atomic E-state index is -3.06. The number of hydrogen-bond acceptors (Lipinski definition) is 6. The van der Waals surface area contributed by atoms with E-state index < -0.39 is 13.9 Å². The first kappa shape index (κ1) is 30.0. The van der Waals surface area contributed by atoms with Gasteiger partial charge in [-0.1, -0.05) is 12.1 Å². The molecule has 0 unspecified atom stereocenters. The molecule has 2 aromatic rings. The molecular weight excluding hydrogens is 659 g/mol. The van der Waals surface area contributed by atoms with E-state index in [0.717, 1.165) is 49.9 Å². The Balaban J connectivity index is 0.000000377. The summed E-state index contributed by atoms with van der Waals surface area (Å²) in [6.07, 6.45) is 9.66. The van der Waals surface area contributed by atoms with Gasteiger partial charge in [-0.3, -0.25) is 9.97 Å². The van der Waals surface area contributed by atoms with Crippen molar-refractivity contribution in [3.05, 3.63) is 48.8 Å². The first-order chi connectivity index (χ1) is 15.9. The summed E-state index contributed by atoms with van der Waals surface area (Å²) >= 11 is 4.05. The Kier molecular flexibility index (Phi) is 16.7. The van der Waals surface area contributed by atoms with E-state index in [9.17, 15) is 9.59 Å². The largest absolute Gasteiger partial charge is 0.255 e. The van der Waals surface area contributed by atoms with Crippen LogP contribution in [0.4, 0.5) is 0 Å². The Morgan fingerprint density at radius 2 is 1.18 bits per heavy atom. The van der Waals surface area contributed by atoms with Crippen LogP contribution in [0, 0.1) is 0 Å². The van der Waals surface area contributed by atoms with E-state index >= 15 is 0 Å². The quantitative estimate of drug-likeness (QED) is 0.130. The summed E-state index contributed by atoms with van der Waals surface area (Å²) in [4.78, 5) is 31.8. The molecule has 0 saturated carbocycles. The summed E-state index contributed by atoms with van der Waals surface area (Å²) < 4.78 is 10.9. The fourth-order valence-electron chi connectivity index (χ4n) is 2.69. The van der Waals surface area contributed by atoms with Crippen LogP contribution in [0.5, 0.6) is 0 Å². The number of esters is 2. The maximum atomic E-state index is 11.7. The second-order valence-corrected chi connectivity index (χ2v) is 41.9. The molecule has 0 bridgehead atoms. The molecule has 0 spiro atoms. The Hall–Kier alpha value is -1.00. The molecular formula is C24H34Br2N2O4Sn. The Morgan fingerprint density at radius 3 is 1.52 bits per heavy atom. The van der Waals surface area contributed by atoms with E-state index in [-0.39, 0.29) is 11.9 Å². The van der Waals surface area contributed by atoms with Crippen LogP contribution in [0.15, 0.2) is 48.8 Å². The van der Waals surface area contributed by atoms with Gasteiger partial charge in [-0.25, -0.2) is 0 Å². The van der Waals surface area contributed by atoms with E-state index in [1.807, 2.05) is 36.4 Å². The van der Waals surface area contributed by atoms with E-state index in [1.54, 1.807) is 12.4 Å². The van der Waals surface area contributed by atoms with Crippen molar-refractivity contribution in [1.82, 2.24) is 9.97 Å². The molecule has 0 fully saturated rings. The van der Waals surface area contributed by atoms with Crippen LogP contribution in [0.2, 0.25) is 8.87 Å². The molecule has 182 valence electrons. The van der Waals surface area contributed by atoms with Gasteiger partial charge in [0.15, 0.2) is 0 Å². The average molecular weight is 693 g/mol. The number of unbranched alkanes of at least 4 members (excludes halogenated alkanes) is 4. The zero-order valence-electron chi connectivity index (χ0n) is 19.5. The third kappa shape index (κ3) is 15.5. The molecule has 0 aliphatic carbocycles. The normalized spacial score (nSPS) is 10.7. The van der Waals surface area contributed by atoms with Crippen molar-refractivity contribution in [2.45, 2.75) is 61.2 Å². The number of halogens is 2. The van der Waals surface area contributed by atoms with Crippen molar-refractivity contribution < 1.29 is 19.1 Å². The van der Waals surface area contributed by atoms with Crippen LogP contribution in [0.25, 0.3) is 11.4 Å². The van der Waals surface area contributed by atoms with Crippen LogP contribution in [-0.4, -0.2) is 49.1 Å². The van der Waals surface area contributed by atoms with Crippen molar-refractivity contribution in [1.29, 1.82) is 0 Å². The molecule has 0 atom stereocenters. The zero-order chi connectivity index (χ0) is 24.4. The molecule has 0 amide bonds. The molecule has 0 radical (unpaired) electrons. The molecule has 0 saturated heterocycles. The van der Waals surface area contributed by atoms with E-state index in [2.05, 4.69) is 49.2 Å². The van der Waals surface area contributed by atoms with Crippen LogP contribution < -0.4 is 0 Å². The molecule has 0 aliphatic rings. The third-order valence-corrected chi connectivity index (χ3v) is 16.5. The summed E-state index contributed by atoms with van der Waals surface area (Å²) in [6, 6.07) is 11.6. The minimum absolute atomic E-state index is 0.227. The number of pyridine rings is 2. The van der Waals surface area contributed by atoms with Gasteiger partial charge in [0.05, 0.1) is 11.4 Å². The molecule has 2 rings (SSSR count). The number of aromatic nitrogens is 2. The number of rotatable bonds is 13. The van der Waals surface area contributed by atoms with Gasteiger partial charge in [0.25, 0.3) is 0 Å². The fourth-order valence-corrected chi connectivity index (χ4v) is 12.2. The van der Waals surface area contributed by atoms with Crippen LogP contribution in [0.3, 0.4) is 0 Å². The van der Waals surface area contributed by atoms with E-state index in [4.69, 9.17) is 9.47 Å². The summed E-state index contributed by atoms with van der Waals surface area (Å²) in [5, 5.41) is 0. The summed E-state index contributed by atoms with van der Waals surface area (Å²) in [5.74, 6) is -0.455. The Labute approximate surface area is 213 Å². The SMILES string of the molecule is CCCCCOC(=O)[CH2][Sn]([Br])([Br])[CH2]C(=O)OCCCCC.c1ccc(-c2ccccn2)nc1. The van der Waals surface area contributed by atoms with Gasteiger partial charge < -0.3 is 0 Å². The molecule has 0 N–H and O–H groups in total. The van der Waals surface area contributed by atoms with Crippen molar-refractivity contribution in [2.24, 2.45) is 0 Å². The number of nitrogens with zero attached hydrogens (tertiary/aromatic N) is 2. The topological polar surface area (TPSA) is 78.4 Å². The van der Waals surface area contributed by atoms with Crippen molar-refractivity contribution >= 4 is 51.3 Å². The fraction of sp³-hybridized carbons (Fsp3) is 0.500. The number of hydrogen-bond donors (Lipinski definition) is 0. The number of ether oxygens (including phenoxy) is 2. The first-order valence-electron chi connectivity index (χ1n) is 11.4. The maximum Gasteiger partial charge on any atom is 0.0886 e. The monoisotopic (exact) mass is 692 g/mol. The maximum absolute atomic E-state index is 11.7. The molecule has 33 heavy (non-hydrogen) atoms. The summed E-state index contributed by atoms with van der Waals surface area (Å²) in [7, 11) is 0. The van der Waals surface area contributed by atoms with Gasteiger partial charge >= 0.3 is 145 Å². The van der Waals surface area contributed by atoms with Crippen LogP contribution in [0.1, 0.15) is 52.4 Å². The second kappa shape index (κ2) is 18.3. The predicted octanol–water partition coefficient (Wildman–Crippen LogP) is 6.83. The van der Waals surface area contributed by atoms with E-state index in [1.165, 1.54) is 0 Å². The molecule has 9 heteroatoms. The molecule has 0 aromatic carbocycles. The van der Waals surface area contributed by atoms with Crippen LogP contribution >= 0.6 is 25.4 Å². The molecule has 2 heterocycles. The van der Waals surface area contributed by atoms with Crippen molar-refractivity contribution in [2.75, 3.05) is 13.2 Å². The molecule has 2 aromatic heterocycles. The van der Waals surface area contributed by atoms with Gasteiger partial charge in [-0.2, -0.15) is 0 Å². The third-order valence-electron chi connectivity index (χ3n) is 4.42. The van der Waals surface area contributed by atoms with Crippen LogP contribution in [-0.2, 0) is 19.1 Å². The van der Waals surface area contributed by atoms with Gasteiger partial charge in [0.1, 0.15) is 0 Å². The molecule has 6 nitrogen and oxygen atoms in total. The summed E-state index contributed by atoms with van der Waals surface area (Å²) in [6.45, 7) is 5.14. The van der Waals surface area contributed by atoms with Gasteiger partial charge in [0.2, 0.25) is 0 Å². The van der Waals surface area contributed by atoms with Gasteiger partial charge in [-0.05, 0) is 24.3 Å². The van der Waals surface area contributed by atoms with Crippen molar-refractivity contribution in [3.63, 3.8) is 0 Å². The average Bonchev–Trinajstić information content (AvgIpc) is 2.80. The zero-order valence-corrected chi connectivity index (χ0v) is 25.5. The minimum Gasteiger partial charge on any atom is -0.255 e. The number of carbonyl (C=O) groups excluding carboxylic acids is 2. The van der Waals surface area contributed by atoms with Gasteiger partial charge in [-0.15, -0.1) is 0 Å².